The van der Waals surface area contributed by atoms with E-state index in [-0.39, 0.29) is 24.2 Å². The summed E-state index contributed by atoms with van der Waals surface area (Å²) in [5.74, 6) is -0.996. The zero-order valence-electron chi connectivity index (χ0n) is 22.2. The van der Waals surface area contributed by atoms with Crippen LogP contribution in [0.2, 0.25) is 0 Å². The Hall–Kier alpha value is -3.07. The Morgan fingerprint density at radius 1 is 1.19 bits per heavy atom. The van der Waals surface area contributed by atoms with Crippen LogP contribution in [0.25, 0.3) is 0 Å². The summed E-state index contributed by atoms with van der Waals surface area (Å²) in [7, 11) is 1.39. The van der Waals surface area contributed by atoms with Crippen LogP contribution in [0, 0.1) is 19.8 Å². The molecule has 1 saturated heterocycles. The molecular formula is C28H35N3O5S. The summed E-state index contributed by atoms with van der Waals surface area (Å²) in [5.41, 5.74) is 5.10. The van der Waals surface area contributed by atoms with Crippen LogP contribution < -0.4 is 0 Å². The molecule has 3 aliphatic heterocycles. The first-order valence-corrected chi connectivity index (χ1v) is 13.7. The fourth-order valence-electron chi connectivity index (χ4n) is 5.18. The maximum atomic E-state index is 13.5. The van der Waals surface area contributed by atoms with Crippen molar-refractivity contribution in [3.63, 3.8) is 0 Å². The molecule has 0 bridgehead atoms. The van der Waals surface area contributed by atoms with Crippen LogP contribution >= 0.6 is 11.8 Å². The van der Waals surface area contributed by atoms with Crippen molar-refractivity contribution >= 4 is 34.8 Å². The molecule has 2 atom stereocenters. The number of hydrogen-bond acceptors (Lipinski definition) is 8. The van der Waals surface area contributed by atoms with Gasteiger partial charge in [-0.1, -0.05) is 42.4 Å². The number of aliphatic imine (C=N–C) groups is 1. The third-order valence-electron chi connectivity index (χ3n) is 7.08. The van der Waals surface area contributed by atoms with Gasteiger partial charge in [0.25, 0.3) is 0 Å². The van der Waals surface area contributed by atoms with Gasteiger partial charge < -0.3 is 19.3 Å². The molecule has 0 aliphatic carbocycles. The van der Waals surface area contributed by atoms with Gasteiger partial charge in [0, 0.05) is 18.8 Å². The molecule has 0 aromatic heterocycles. The molecule has 4 rings (SSSR count). The molecule has 9 heteroatoms. The van der Waals surface area contributed by atoms with E-state index in [0.29, 0.717) is 37.4 Å². The minimum Gasteiger partial charge on any atom is -0.466 e. The Balaban J connectivity index is 1.66. The maximum Gasteiger partial charge on any atom is 0.338 e. The fourth-order valence-corrected chi connectivity index (χ4v) is 6.12. The number of piperidine rings is 1. The van der Waals surface area contributed by atoms with E-state index in [1.54, 1.807) is 11.8 Å². The van der Waals surface area contributed by atoms with E-state index in [4.69, 9.17) is 14.5 Å². The van der Waals surface area contributed by atoms with E-state index in [1.165, 1.54) is 18.9 Å². The molecular weight excluding hydrogens is 490 g/mol. The molecule has 0 saturated carbocycles. The largest absolute Gasteiger partial charge is 0.466 e. The van der Waals surface area contributed by atoms with Gasteiger partial charge in [-0.2, -0.15) is 0 Å². The van der Waals surface area contributed by atoms with Crippen LogP contribution in [0.1, 0.15) is 62.3 Å². The van der Waals surface area contributed by atoms with Gasteiger partial charge in [0.15, 0.2) is 5.17 Å². The number of fused-ring (bicyclic) bond motifs is 1. The summed E-state index contributed by atoms with van der Waals surface area (Å²) >= 11 is 1.47. The molecule has 0 unspecified atom stereocenters. The van der Waals surface area contributed by atoms with Gasteiger partial charge in [0.2, 0.25) is 5.91 Å². The highest BCUT2D eigenvalue weighted by Crippen LogP contribution is 2.46. The van der Waals surface area contributed by atoms with Crippen LogP contribution in [0.4, 0.5) is 0 Å². The first-order chi connectivity index (χ1) is 17.8. The van der Waals surface area contributed by atoms with Gasteiger partial charge >= 0.3 is 11.9 Å². The standard InChI is InChI=1S/C28H35N3O5S/c1-6-22-24(27(34)35-5)25(21-13-17(3)10-11-18(21)4)31-20(16-37-28(31)29-22)14-23(32)30-12-8-9-19(15-30)26(33)36-7-2/h10-11,13,16,19,25H,6-9,12,14-15H2,1-5H3/t19-,25-/m1/s1. The summed E-state index contributed by atoms with van der Waals surface area (Å²) in [4.78, 5) is 47.5. The molecule has 0 N–H and O–H groups in total. The lowest BCUT2D eigenvalue weighted by atomic mass is 9.89. The molecule has 37 heavy (non-hydrogen) atoms. The van der Waals surface area contributed by atoms with Crippen molar-refractivity contribution in [2.45, 2.75) is 59.4 Å². The van der Waals surface area contributed by atoms with E-state index >= 15 is 0 Å². The van der Waals surface area contributed by atoms with Crippen LogP contribution in [0.3, 0.4) is 0 Å². The number of ether oxygens (including phenoxy) is 2. The number of allylic oxidation sites excluding steroid dienone is 1. The quantitative estimate of drug-likeness (QED) is 0.480. The lowest BCUT2D eigenvalue weighted by molar-refractivity contribution is -0.151. The number of esters is 2. The van der Waals surface area contributed by atoms with Crippen LogP contribution in [-0.4, -0.2) is 59.6 Å². The molecule has 1 aromatic carbocycles. The predicted molar refractivity (Wildman–Crippen MR) is 143 cm³/mol. The smallest absolute Gasteiger partial charge is 0.338 e. The molecule has 3 heterocycles. The minimum absolute atomic E-state index is 0.0494. The highest BCUT2D eigenvalue weighted by atomic mass is 32.2. The number of nitrogens with zero attached hydrogens (tertiary/aromatic N) is 3. The van der Waals surface area contributed by atoms with Crippen LogP contribution in [0.5, 0.6) is 0 Å². The van der Waals surface area contributed by atoms with E-state index in [9.17, 15) is 14.4 Å². The third kappa shape index (κ3) is 5.46. The summed E-state index contributed by atoms with van der Waals surface area (Å²) in [6.45, 7) is 9.14. The monoisotopic (exact) mass is 525 g/mol. The normalized spacial score (nSPS) is 21.3. The Kier molecular flexibility index (Phi) is 8.42. The van der Waals surface area contributed by atoms with Crippen molar-refractivity contribution in [3.8, 4) is 0 Å². The highest BCUT2D eigenvalue weighted by molar-refractivity contribution is 8.16. The maximum absolute atomic E-state index is 13.5. The number of amidine groups is 1. The van der Waals surface area contributed by atoms with Gasteiger partial charge in [-0.25, -0.2) is 9.79 Å². The highest BCUT2D eigenvalue weighted by Gasteiger charge is 2.42. The summed E-state index contributed by atoms with van der Waals surface area (Å²) in [5, 5.41) is 2.70. The third-order valence-corrected chi connectivity index (χ3v) is 7.97. The van der Waals surface area contributed by atoms with E-state index < -0.39 is 12.0 Å². The van der Waals surface area contributed by atoms with Crippen molar-refractivity contribution < 1.29 is 23.9 Å². The summed E-state index contributed by atoms with van der Waals surface area (Å²) < 4.78 is 10.4. The second-order valence-electron chi connectivity index (χ2n) is 9.57. The summed E-state index contributed by atoms with van der Waals surface area (Å²) in [6.07, 6.45) is 2.23. The van der Waals surface area contributed by atoms with E-state index in [0.717, 1.165) is 40.4 Å². The van der Waals surface area contributed by atoms with E-state index in [2.05, 4.69) is 12.1 Å². The zero-order valence-corrected chi connectivity index (χ0v) is 23.0. The average molecular weight is 526 g/mol. The van der Waals surface area contributed by atoms with Gasteiger partial charge in [-0.3, -0.25) is 9.59 Å². The van der Waals surface area contributed by atoms with Gasteiger partial charge in [-0.15, -0.1) is 0 Å². The number of amides is 1. The first kappa shape index (κ1) is 27.0. The number of methoxy groups -OCH3 is 1. The predicted octanol–water partition coefficient (Wildman–Crippen LogP) is 4.63. The Bertz CT molecular complexity index is 1190. The molecule has 8 nitrogen and oxygen atoms in total. The average Bonchev–Trinajstić information content (AvgIpc) is 3.30. The Morgan fingerprint density at radius 2 is 1.97 bits per heavy atom. The van der Waals surface area contributed by atoms with Crippen molar-refractivity contribution in [3.05, 3.63) is 57.3 Å². The number of aryl methyl sites for hydroxylation is 2. The number of thioether (sulfide) groups is 1. The van der Waals surface area contributed by atoms with Crippen molar-refractivity contribution in [1.82, 2.24) is 9.80 Å². The lowest BCUT2D eigenvalue weighted by Gasteiger charge is -2.38. The molecule has 0 spiro atoms. The zero-order chi connectivity index (χ0) is 26.7. The first-order valence-electron chi connectivity index (χ1n) is 12.9. The lowest BCUT2D eigenvalue weighted by Crippen LogP contribution is -2.44. The van der Waals surface area contributed by atoms with Crippen molar-refractivity contribution in [2.24, 2.45) is 10.9 Å². The molecule has 1 aromatic rings. The molecule has 1 fully saturated rings. The van der Waals surface area contributed by atoms with Gasteiger partial charge in [0.1, 0.15) is 0 Å². The second-order valence-corrected chi connectivity index (χ2v) is 10.4. The minimum atomic E-state index is -0.447. The number of hydrogen-bond donors (Lipinski definition) is 0. The van der Waals surface area contributed by atoms with Crippen molar-refractivity contribution in [2.75, 3.05) is 26.8 Å². The number of rotatable bonds is 7. The second kappa shape index (κ2) is 11.5. The summed E-state index contributed by atoms with van der Waals surface area (Å²) in [6, 6.07) is 5.75. The topological polar surface area (TPSA) is 88.5 Å². The van der Waals surface area contributed by atoms with Gasteiger partial charge in [-0.05, 0) is 56.6 Å². The molecule has 1 amide bonds. The molecule has 198 valence electrons. The van der Waals surface area contributed by atoms with Crippen LogP contribution in [0.15, 0.2) is 45.6 Å². The fraction of sp³-hybridized carbons (Fsp3) is 0.500. The van der Waals surface area contributed by atoms with Crippen molar-refractivity contribution in [1.29, 1.82) is 0 Å². The SMILES string of the molecule is CCOC(=O)[C@@H]1CCCN(C(=O)CC2=CSC3=NC(CC)=C(C(=O)OC)[C@@H](c4cc(C)ccc4C)N23)C1. The molecule has 0 radical (unpaired) electrons. The number of benzene rings is 1. The number of likely N-dealkylation sites (tertiary alicyclic amines) is 1. The number of carbonyl (C=O) groups is 3. The molecule has 3 aliphatic rings. The van der Waals surface area contributed by atoms with Crippen LogP contribution in [-0.2, 0) is 23.9 Å². The van der Waals surface area contributed by atoms with E-state index in [1.807, 2.05) is 37.1 Å². The number of carbonyl (C=O) groups excluding carboxylic acids is 3. The Labute approximate surface area is 222 Å². The Morgan fingerprint density at radius 3 is 2.68 bits per heavy atom. The van der Waals surface area contributed by atoms with Gasteiger partial charge in [0.05, 0.1) is 43.4 Å².